The maximum Gasteiger partial charge on any atom is 0.187 e. The van der Waals surface area contributed by atoms with Gasteiger partial charge in [0.1, 0.15) is 0 Å². The molecule has 4 atom stereocenters. The molecule has 2 nitrogen and oxygen atoms in total. The molecule has 0 N–H and O–H groups in total. The lowest BCUT2D eigenvalue weighted by Crippen LogP contribution is -2.66. The molecule has 0 bridgehead atoms. The zero-order chi connectivity index (χ0) is 15.9. The monoisotopic (exact) mass is 324 g/mol. The first-order chi connectivity index (χ1) is 8.97. The molecule has 0 saturated carbocycles. The maximum atomic E-state index is 6.84. The van der Waals surface area contributed by atoms with E-state index in [0.717, 1.165) is 0 Å². The highest BCUT2D eigenvalue weighted by Gasteiger charge is 2.62. The number of hydrogen-bond acceptors (Lipinski definition) is 2. The molecule has 0 spiro atoms. The van der Waals surface area contributed by atoms with Crippen LogP contribution in [0.3, 0.4) is 0 Å². The van der Waals surface area contributed by atoms with Crippen LogP contribution in [-0.4, -0.2) is 22.3 Å². The molecular formula is C16H30Cl2O2. The first-order valence-electron chi connectivity index (χ1n) is 7.70. The minimum atomic E-state index is -1.01. The average molecular weight is 325 g/mol. The molecule has 1 aliphatic heterocycles. The third-order valence-electron chi connectivity index (χ3n) is 4.20. The van der Waals surface area contributed by atoms with Crippen LogP contribution in [0.5, 0.6) is 0 Å². The summed E-state index contributed by atoms with van der Waals surface area (Å²) in [7, 11) is 0. The third-order valence-corrected chi connectivity index (χ3v) is 5.91. The molecule has 0 radical (unpaired) electrons. The molecule has 0 aromatic heterocycles. The summed E-state index contributed by atoms with van der Waals surface area (Å²) in [5.74, 6) is 0.761. The van der Waals surface area contributed by atoms with Crippen LogP contribution in [0, 0.1) is 23.7 Å². The minimum absolute atomic E-state index is 0.0412. The molecule has 1 aliphatic rings. The Labute approximate surface area is 134 Å². The number of hydrogen-bond donors (Lipinski definition) is 0. The zero-order valence-electron chi connectivity index (χ0n) is 14.0. The molecular weight excluding hydrogens is 295 g/mol. The predicted molar refractivity (Wildman–Crippen MR) is 86.3 cm³/mol. The van der Waals surface area contributed by atoms with Crippen LogP contribution in [0.1, 0.15) is 55.4 Å². The van der Waals surface area contributed by atoms with Gasteiger partial charge in [0.25, 0.3) is 0 Å². The van der Waals surface area contributed by atoms with Crippen molar-refractivity contribution < 1.29 is 9.47 Å². The van der Waals surface area contributed by atoms with E-state index in [1.54, 1.807) is 0 Å². The van der Waals surface area contributed by atoms with Crippen LogP contribution < -0.4 is 0 Å². The van der Waals surface area contributed by atoms with Crippen molar-refractivity contribution in [3.63, 3.8) is 0 Å². The summed E-state index contributed by atoms with van der Waals surface area (Å²) < 4.78 is 12.7. The Hall–Kier alpha value is 0.500. The summed E-state index contributed by atoms with van der Waals surface area (Å²) in [5, 5.41) is -2.02. The lowest BCUT2D eigenvalue weighted by molar-refractivity contribution is -0.296. The minimum Gasteiger partial charge on any atom is -0.349 e. The van der Waals surface area contributed by atoms with Crippen molar-refractivity contribution in [1.29, 1.82) is 0 Å². The van der Waals surface area contributed by atoms with Gasteiger partial charge >= 0.3 is 0 Å². The normalized spacial score (nSPS) is 39.3. The number of halogens is 2. The Morgan fingerprint density at radius 1 is 0.650 bits per heavy atom. The number of ether oxygens (including phenoxy) is 2. The van der Waals surface area contributed by atoms with Crippen LogP contribution >= 0.6 is 23.2 Å². The highest BCUT2D eigenvalue weighted by Crippen LogP contribution is 2.53. The van der Waals surface area contributed by atoms with E-state index >= 15 is 0 Å². The van der Waals surface area contributed by atoms with E-state index in [9.17, 15) is 0 Å². The van der Waals surface area contributed by atoms with Crippen molar-refractivity contribution in [3.05, 3.63) is 0 Å². The third kappa shape index (κ3) is 2.99. The van der Waals surface area contributed by atoms with Gasteiger partial charge in [-0.25, -0.2) is 0 Å². The van der Waals surface area contributed by atoms with Gasteiger partial charge in [0.2, 0.25) is 0 Å². The number of rotatable bonds is 4. The lowest BCUT2D eigenvalue weighted by atomic mass is 9.85. The molecule has 20 heavy (non-hydrogen) atoms. The van der Waals surface area contributed by atoms with Crippen molar-refractivity contribution in [2.24, 2.45) is 23.7 Å². The van der Waals surface area contributed by atoms with E-state index in [2.05, 4.69) is 27.7 Å². The van der Waals surface area contributed by atoms with Gasteiger partial charge in [0.05, 0.1) is 12.2 Å². The van der Waals surface area contributed by atoms with Crippen LogP contribution in [0.25, 0.3) is 0 Å². The van der Waals surface area contributed by atoms with Gasteiger partial charge in [-0.1, -0.05) is 78.6 Å². The van der Waals surface area contributed by atoms with E-state index in [-0.39, 0.29) is 24.0 Å². The van der Waals surface area contributed by atoms with E-state index < -0.39 is 10.1 Å². The maximum absolute atomic E-state index is 6.84. The van der Waals surface area contributed by atoms with Crippen molar-refractivity contribution in [1.82, 2.24) is 0 Å². The first-order valence-corrected chi connectivity index (χ1v) is 8.46. The fraction of sp³-hybridized carbons (Fsp3) is 1.00. The molecule has 1 fully saturated rings. The van der Waals surface area contributed by atoms with E-state index in [4.69, 9.17) is 32.7 Å². The average Bonchev–Trinajstić information content (AvgIpc) is 2.30. The zero-order valence-corrected chi connectivity index (χ0v) is 15.5. The van der Waals surface area contributed by atoms with Gasteiger partial charge < -0.3 is 9.47 Å². The largest absolute Gasteiger partial charge is 0.349 e. The van der Waals surface area contributed by atoms with E-state index in [1.807, 2.05) is 27.7 Å². The molecule has 0 aromatic carbocycles. The second-order valence-corrected chi connectivity index (χ2v) is 8.38. The number of alkyl halides is 2. The Kier molecular flexibility index (Phi) is 5.86. The second-order valence-electron chi connectivity index (χ2n) is 7.25. The van der Waals surface area contributed by atoms with Gasteiger partial charge in [-0.2, -0.15) is 0 Å². The molecule has 0 aromatic rings. The van der Waals surface area contributed by atoms with Crippen molar-refractivity contribution in [2.75, 3.05) is 0 Å². The fourth-order valence-corrected chi connectivity index (χ4v) is 3.51. The smallest absolute Gasteiger partial charge is 0.187 e. The highest BCUT2D eigenvalue weighted by atomic mass is 35.5. The fourth-order valence-electron chi connectivity index (χ4n) is 2.78. The Bertz CT molecular complexity index is 298. The second kappa shape index (κ2) is 6.32. The summed E-state index contributed by atoms with van der Waals surface area (Å²) in [6.45, 7) is 16.7. The molecule has 1 heterocycles. The molecule has 0 aliphatic carbocycles. The lowest BCUT2D eigenvalue weighted by Gasteiger charge is -2.56. The topological polar surface area (TPSA) is 18.5 Å². The van der Waals surface area contributed by atoms with E-state index in [1.165, 1.54) is 0 Å². The molecule has 4 unspecified atom stereocenters. The van der Waals surface area contributed by atoms with Gasteiger partial charge in [-0.15, -0.1) is 0 Å². The predicted octanol–water partition coefficient (Wildman–Crippen LogP) is 5.26. The standard InChI is InChI=1S/C16H30Cl2O2/c1-9(2)13-14(10(3)4)20-16(18,12(7)8)15(17,19-13)11(5)6/h9-14H,1-8H3. The molecule has 1 rings (SSSR count). The summed E-state index contributed by atoms with van der Waals surface area (Å²) in [5.41, 5.74) is 0. The van der Waals surface area contributed by atoms with Gasteiger partial charge in [-0.05, 0) is 11.8 Å². The molecule has 0 amide bonds. The molecule has 4 heteroatoms. The summed E-state index contributed by atoms with van der Waals surface area (Å²) in [6.07, 6.45) is -0.0824. The van der Waals surface area contributed by atoms with Crippen LogP contribution in [0.4, 0.5) is 0 Å². The van der Waals surface area contributed by atoms with Gasteiger partial charge in [0.15, 0.2) is 10.1 Å². The summed E-state index contributed by atoms with van der Waals surface area (Å²) >= 11 is 13.7. The Morgan fingerprint density at radius 2 is 0.900 bits per heavy atom. The van der Waals surface area contributed by atoms with Crippen molar-refractivity contribution in [3.8, 4) is 0 Å². The van der Waals surface area contributed by atoms with Crippen LogP contribution in [0.2, 0.25) is 0 Å². The Morgan fingerprint density at radius 3 is 1.05 bits per heavy atom. The quantitative estimate of drug-likeness (QED) is 0.656. The van der Waals surface area contributed by atoms with E-state index in [0.29, 0.717) is 11.8 Å². The molecule has 120 valence electrons. The SMILES string of the molecule is CC(C)C1OC(Cl)(C(C)C)C(Cl)(C(C)C)OC1C(C)C. The summed E-state index contributed by atoms with van der Waals surface area (Å²) in [6, 6.07) is 0. The van der Waals surface area contributed by atoms with Crippen LogP contribution in [0.15, 0.2) is 0 Å². The van der Waals surface area contributed by atoms with Crippen molar-refractivity contribution >= 4 is 23.2 Å². The van der Waals surface area contributed by atoms with Gasteiger partial charge in [-0.3, -0.25) is 0 Å². The highest BCUT2D eigenvalue weighted by molar-refractivity contribution is 6.33. The van der Waals surface area contributed by atoms with Crippen molar-refractivity contribution in [2.45, 2.75) is 77.7 Å². The van der Waals surface area contributed by atoms with Crippen LogP contribution in [-0.2, 0) is 9.47 Å². The Balaban J connectivity index is 3.26. The first kappa shape index (κ1) is 18.5. The van der Waals surface area contributed by atoms with Gasteiger partial charge in [0, 0.05) is 11.8 Å². The summed E-state index contributed by atoms with van der Waals surface area (Å²) in [4.78, 5) is 0. The molecule has 1 saturated heterocycles.